The van der Waals surface area contributed by atoms with Crippen LogP contribution in [0.25, 0.3) is 0 Å². The van der Waals surface area contributed by atoms with Crippen molar-refractivity contribution in [2.75, 3.05) is 0 Å². The molecule has 1 aliphatic carbocycles. The second-order valence-corrected chi connectivity index (χ2v) is 7.68. The van der Waals surface area contributed by atoms with E-state index in [1.54, 1.807) is 0 Å². The van der Waals surface area contributed by atoms with E-state index in [1.165, 1.54) is 77.0 Å². The van der Waals surface area contributed by atoms with Gasteiger partial charge < -0.3 is 0 Å². The number of unbranched alkanes of at least 4 members (excludes halogenated alkanes) is 6. The summed E-state index contributed by atoms with van der Waals surface area (Å²) in [5, 5.41) is 0. The Labute approximate surface area is 127 Å². The predicted molar refractivity (Wildman–Crippen MR) is 89.5 cm³/mol. The van der Waals surface area contributed by atoms with Crippen molar-refractivity contribution in [2.45, 2.75) is 104 Å². The van der Waals surface area contributed by atoms with Crippen molar-refractivity contribution in [3.63, 3.8) is 0 Å². The van der Waals surface area contributed by atoms with Gasteiger partial charge in [-0.3, -0.25) is 11.3 Å². The third kappa shape index (κ3) is 7.08. The van der Waals surface area contributed by atoms with E-state index in [-0.39, 0.29) is 0 Å². The van der Waals surface area contributed by atoms with Crippen LogP contribution in [0, 0.1) is 11.3 Å². The van der Waals surface area contributed by atoms with E-state index in [1.807, 2.05) is 0 Å². The smallest absolute Gasteiger partial charge is 0.0238 e. The average molecular weight is 283 g/mol. The summed E-state index contributed by atoms with van der Waals surface area (Å²) in [5.41, 5.74) is 3.67. The lowest BCUT2D eigenvalue weighted by Crippen LogP contribution is -2.43. The lowest BCUT2D eigenvalue weighted by Gasteiger charge is -2.37. The van der Waals surface area contributed by atoms with E-state index in [0.29, 0.717) is 11.5 Å². The standard InChI is InChI=1S/C18H38N2/c1-4-5-6-7-8-9-10-11-17(20-19)16-12-14-18(2,3)15-13-16/h16-17,20H,4-15,19H2,1-3H3. The van der Waals surface area contributed by atoms with E-state index in [9.17, 15) is 0 Å². The summed E-state index contributed by atoms with van der Waals surface area (Å²) in [6, 6.07) is 0.557. The summed E-state index contributed by atoms with van der Waals surface area (Å²) in [6.45, 7) is 7.10. The molecule has 0 bridgehead atoms. The Hall–Kier alpha value is -0.0800. The fourth-order valence-corrected chi connectivity index (χ4v) is 3.60. The Kier molecular flexibility index (Phi) is 8.79. The first-order valence-corrected chi connectivity index (χ1v) is 9.05. The topological polar surface area (TPSA) is 38.0 Å². The van der Waals surface area contributed by atoms with E-state index in [0.717, 1.165) is 5.92 Å². The number of nitrogens with two attached hydrogens (primary N) is 1. The van der Waals surface area contributed by atoms with Crippen LogP contribution in [0.15, 0.2) is 0 Å². The van der Waals surface area contributed by atoms with Gasteiger partial charge in [0, 0.05) is 6.04 Å². The van der Waals surface area contributed by atoms with Crippen molar-refractivity contribution in [3.05, 3.63) is 0 Å². The zero-order valence-electron chi connectivity index (χ0n) is 14.2. The van der Waals surface area contributed by atoms with Crippen molar-refractivity contribution in [1.29, 1.82) is 0 Å². The Balaban J connectivity index is 2.11. The van der Waals surface area contributed by atoms with E-state index < -0.39 is 0 Å². The Morgan fingerprint density at radius 3 is 2.10 bits per heavy atom. The molecular formula is C18H38N2. The molecule has 0 saturated heterocycles. The van der Waals surface area contributed by atoms with Crippen molar-refractivity contribution in [1.82, 2.24) is 5.43 Å². The first-order chi connectivity index (χ1) is 9.59. The first-order valence-electron chi connectivity index (χ1n) is 9.05. The third-order valence-electron chi connectivity index (χ3n) is 5.29. The molecule has 0 aromatic heterocycles. The number of hydrogen-bond donors (Lipinski definition) is 2. The zero-order valence-corrected chi connectivity index (χ0v) is 14.2. The summed E-state index contributed by atoms with van der Waals surface area (Å²) in [6.07, 6.45) is 16.5. The van der Waals surface area contributed by atoms with Crippen LogP contribution in [-0.4, -0.2) is 6.04 Å². The fraction of sp³-hybridized carbons (Fsp3) is 1.00. The molecule has 1 aliphatic rings. The molecule has 0 aromatic carbocycles. The first kappa shape index (κ1) is 18.0. The van der Waals surface area contributed by atoms with Gasteiger partial charge in [-0.2, -0.15) is 0 Å². The maximum Gasteiger partial charge on any atom is 0.0238 e. The lowest BCUT2D eigenvalue weighted by molar-refractivity contribution is 0.156. The van der Waals surface area contributed by atoms with Gasteiger partial charge in [0.2, 0.25) is 0 Å². The van der Waals surface area contributed by atoms with Crippen LogP contribution < -0.4 is 11.3 Å². The highest BCUT2D eigenvalue weighted by Gasteiger charge is 2.30. The highest BCUT2D eigenvalue weighted by atomic mass is 15.2. The normalized spacial score (nSPS) is 21.0. The molecule has 1 fully saturated rings. The summed E-state index contributed by atoms with van der Waals surface area (Å²) < 4.78 is 0. The van der Waals surface area contributed by atoms with Crippen LogP contribution in [0.1, 0.15) is 97.8 Å². The SMILES string of the molecule is CCCCCCCCCC(NN)C1CCC(C)(C)CC1. The number of nitrogens with one attached hydrogen (secondary N) is 1. The van der Waals surface area contributed by atoms with Gasteiger partial charge in [0.05, 0.1) is 0 Å². The minimum atomic E-state index is 0.557. The average Bonchev–Trinajstić information content (AvgIpc) is 2.43. The van der Waals surface area contributed by atoms with Crippen LogP contribution in [0.4, 0.5) is 0 Å². The van der Waals surface area contributed by atoms with Crippen molar-refractivity contribution >= 4 is 0 Å². The Morgan fingerprint density at radius 1 is 1.00 bits per heavy atom. The quantitative estimate of drug-likeness (QED) is 0.329. The van der Waals surface area contributed by atoms with Gasteiger partial charge in [-0.15, -0.1) is 0 Å². The van der Waals surface area contributed by atoms with Gasteiger partial charge in [-0.25, -0.2) is 0 Å². The minimum Gasteiger partial charge on any atom is -0.271 e. The van der Waals surface area contributed by atoms with Gasteiger partial charge in [0.15, 0.2) is 0 Å². The molecule has 2 heteroatoms. The molecule has 1 saturated carbocycles. The van der Waals surface area contributed by atoms with Crippen LogP contribution in [0.3, 0.4) is 0 Å². The molecule has 120 valence electrons. The summed E-state index contributed by atoms with van der Waals surface area (Å²) >= 11 is 0. The largest absolute Gasteiger partial charge is 0.271 e. The van der Waals surface area contributed by atoms with Crippen LogP contribution >= 0.6 is 0 Å². The Morgan fingerprint density at radius 2 is 1.55 bits per heavy atom. The minimum absolute atomic E-state index is 0.557. The van der Waals surface area contributed by atoms with E-state index in [2.05, 4.69) is 26.2 Å². The van der Waals surface area contributed by atoms with Crippen molar-refractivity contribution in [3.8, 4) is 0 Å². The summed E-state index contributed by atoms with van der Waals surface area (Å²) in [7, 11) is 0. The van der Waals surface area contributed by atoms with Crippen LogP contribution in [0.5, 0.6) is 0 Å². The predicted octanol–water partition coefficient (Wildman–Crippen LogP) is 5.18. The second kappa shape index (κ2) is 9.78. The molecule has 0 spiro atoms. The number of rotatable bonds is 10. The van der Waals surface area contributed by atoms with Gasteiger partial charge in [-0.1, -0.05) is 65.7 Å². The van der Waals surface area contributed by atoms with Gasteiger partial charge >= 0.3 is 0 Å². The molecule has 0 aliphatic heterocycles. The van der Waals surface area contributed by atoms with E-state index in [4.69, 9.17) is 5.84 Å². The second-order valence-electron chi connectivity index (χ2n) is 7.68. The van der Waals surface area contributed by atoms with Gasteiger partial charge in [0.25, 0.3) is 0 Å². The molecule has 20 heavy (non-hydrogen) atoms. The lowest BCUT2D eigenvalue weighted by atomic mass is 9.70. The Bertz CT molecular complexity index is 228. The van der Waals surface area contributed by atoms with Crippen LogP contribution in [0.2, 0.25) is 0 Å². The molecule has 1 unspecified atom stereocenters. The molecular weight excluding hydrogens is 244 g/mol. The zero-order chi connectivity index (χ0) is 14.8. The monoisotopic (exact) mass is 282 g/mol. The summed E-state index contributed by atoms with van der Waals surface area (Å²) in [4.78, 5) is 0. The fourth-order valence-electron chi connectivity index (χ4n) is 3.60. The highest BCUT2D eigenvalue weighted by molar-refractivity contribution is 4.84. The molecule has 0 aromatic rings. The third-order valence-corrected chi connectivity index (χ3v) is 5.29. The molecule has 0 radical (unpaired) electrons. The molecule has 0 amide bonds. The highest BCUT2D eigenvalue weighted by Crippen LogP contribution is 2.39. The van der Waals surface area contributed by atoms with Crippen molar-refractivity contribution < 1.29 is 0 Å². The number of hydrazine groups is 1. The summed E-state index contributed by atoms with van der Waals surface area (Å²) in [5.74, 6) is 6.61. The molecule has 3 N–H and O–H groups in total. The van der Waals surface area contributed by atoms with E-state index >= 15 is 0 Å². The number of hydrogen-bond acceptors (Lipinski definition) is 2. The van der Waals surface area contributed by atoms with Crippen LogP contribution in [-0.2, 0) is 0 Å². The van der Waals surface area contributed by atoms with Gasteiger partial charge in [-0.05, 0) is 43.4 Å². The molecule has 1 atom stereocenters. The van der Waals surface area contributed by atoms with Crippen molar-refractivity contribution in [2.24, 2.45) is 17.2 Å². The van der Waals surface area contributed by atoms with Gasteiger partial charge in [0.1, 0.15) is 0 Å². The maximum atomic E-state index is 5.80. The molecule has 0 heterocycles. The molecule has 2 nitrogen and oxygen atoms in total. The molecule has 1 rings (SSSR count). The maximum absolute atomic E-state index is 5.80.